The Balaban J connectivity index is 2.01. The molecule has 0 heterocycles. The van der Waals surface area contributed by atoms with Crippen LogP contribution in [-0.4, -0.2) is 46.9 Å². The number of rotatable bonds is 11. The van der Waals surface area contributed by atoms with Crippen LogP contribution in [0.4, 0.5) is 0 Å². The number of benzene rings is 1. The molecule has 1 aromatic carbocycles. The first kappa shape index (κ1) is 27.5. The summed E-state index contributed by atoms with van der Waals surface area (Å²) in [5.41, 5.74) is 9.02. The van der Waals surface area contributed by atoms with Crippen LogP contribution in [0.3, 0.4) is 0 Å². The number of hydrogen-bond donors (Lipinski definition) is 3. The molecule has 5 N–H and O–H groups in total. The Hall–Kier alpha value is -2.78. The van der Waals surface area contributed by atoms with Gasteiger partial charge in [0.2, 0.25) is 6.29 Å². The van der Waals surface area contributed by atoms with E-state index in [1.54, 1.807) is 20.8 Å². The van der Waals surface area contributed by atoms with Crippen molar-refractivity contribution in [1.29, 1.82) is 0 Å². The van der Waals surface area contributed by atoms with E-state index in [4.69, 9.17) is 20.9 Å². The van der Waals surface area contributed by atoms with Gasteiger partial charge in [-0.25, -0.2) is 4.79 Å². The van der Waals surface area contributed by atoms with E-state index in [9.17, 15) is 19.2 Å². The summed E-state index contributed by atoms with van der Waals surface area (Å²) in [5, 5.41) is 2.64. The van der Waals surface area contributed by atoms with E-state index in [-0.39, 0.29) is 25.9 Å². The second-order valence-electron chi connectivity index (χ2n) is 9.91. The van der Waals surface area contributed by atoms with E-state index in [0.29, 0.717) is 12.8 Å². The molecule has 1 aromatic rings. The fourth-order valence-corrected chi connectivity index (χ4v) is 3.79. The van der Waals surface area contributed by atoms with Crippen LogP contribution in [0.1, 0.15) is 71.3 Å². The lowest BCUT2D eigenvalue weighted by atomic mass is 9.89. The summed E-state index contributed by atoms with van der Waals surface area (Å²) in [6.07, 6.45) is 4.52. The van der Waals surface area contributed by atoms with Crippen LogP contribution in [0, 0.1) is 0 Å². The Kier molecular flexibility index (Phi) is 9.35. The minimum atomic E-state index is -2.05. The van der Waals surface area contributed by atoms with Gasteiger partial charge in [-0.15, -0.1) is 0 Å². The number of hydrogen-bond acceptors (Lipinski definition) is 8. The maximum absolute atomic E-state index is 13.1. The van der Waals surface area contributed by atoms with Gasteiger partial charge >= 0.3 is 11.9 Å². The minimum Gasteiger partial charge on any atom is -0.460 e. The molecule has 1 saturated carbocycles. The highest BCUT2D eigenvalue weighted by molar-refractivity contribution is 6.08. The molecule has 9 nitrogen and oxygen atoms in total. The van der Waals surface area contributed by atoms with Gasteiger partial charge in [0.25, 0.3) is 5.91 Å². The second kappa shape index (κ2) is 11.6. The molecule has 187 valence electrons. The molecule has 0 aromatic heterocycles. The first-order valence-corrected chi connectivity index (χ1v) is 11.6. The second-order valence-corrected chi connectivity index (χ2v) is 9.91. The standard InChI is InChI=1S/C25H36N3O6/c1-23(2,3)34-22(32)25(27,21(31)28-24(17-29)13-7-8-14-24)15-9-12-19(26)20(30)33-16-18-10-5-4-6-11-18/h4-6,10-11,19H,7-9,12-16,26-27H2,1-3H3,(H,28,31)/t19?,25-/m0/s1. The van der Waals surface area contributed by atoms with Crippen molar-refractivity contribution >= 4 is 24.1 Å². The lowest BCUT2D eigenvalue weighted by Gasteiger charge is -2.33. The molecular weight excluding hydrogens is 438 g/mol. The zero-order valence-electron chi connectivity index (χ0n) is 20.2. The van der Waals surface area contributed by atoms with E-state index < -0.39 is 40.6 Å². The molecule has 0 bridgehead atoms. The summed E-state index contributed by atoms with van der Waals surface area (Å²) in [4.78, 5) is 49.9. The number of nitrogens with one attached hydrogen (secondary N) is 1. The summed E-state index contributed by atoms with van der Waals surface area (Å²) in [6.45, 7) is 5.09. The van der Waals surface area contributed by atoms with Crippen molar-refractivity contribution in [2.75, 3.05) is 0 Å². The monoisotopic (exact) mass is 474 g/mol. The zero-order chi connectivity index (χ0) is 25.4. The molecule has 1 aliphatic rings. The van der Waals surface area contributed by atoms with Crippen LogP contribution in [0.5, 0.6) is 0 Å². The van der Waals surface area contributed by atoms with Gasteiger partial charge in [-0.1, -0.05) is 43.2 Å². The third kappa shape index (κ3) is 7.63. The molecule has 0 aliphatic heterocycles. The van der Waals surface area contributed by atoms with E-state index in [1.165, 1.54) is 0 Å². The SMILES string of the molecule is CC(C)(C)OC(=O)[C@](N)(CCCC(N)C(=O)OCc1ccccc1)C(=O)NC1([C]=O)CCCC1. The molecule has 1 amide bonds. The lowest BCUT2D eigenvalue weighted by molar-refractivity contribution is -0.165. The Morgan fingerprint density at radius 2 is 1.76 bits per heavy atom. The van der Waals surface area contributed by atoms with Crippen molar-refractivity contribution in [3.63, 3.8) is 0 Å². The summed E-state index contributed by atoms with van der Waals surface area (Å²) >= 11 is 0. The molecule has 34 heavy (non-hydrogen) atoms. The Bertz CT molecular complexity index is 861. The normalized spacial score (nSPS) is 17.8. The molecule has 0 spiro atoms. The smallest absolute Gasteiger partial charge is 0.336 e. The summed E-state index contributed by atoms with van der Waals surface area (Å²) in [5.74, 6) is -2.29. The number of nitrogens with two attached hydrogens (primary N) is 2. The average molecular weight is 475 g/mol. The molecule has 1 aliphatic carbocycles. The first-order chi connectivity index (χ1) is 15.9. The van der Waals surface area contributed by atoms with Crippen LogP contribution < -0.4 is 16.8 Å². The van der Waals surface area contributed by atoms with Crippen molar-refractivity contribution < 1.29 is 28.7 Å². The molecule has 9 heteroatoms. The Morgan fingerprint density at radius 1 is 1.15 bits per heavy atom. The van der Waals surface area contributed by atoms with Gasteiger partial charge < -0.3 is 26.3 Å². The number of carbonyl (C=O) groups excluding carboxylic acids is 4. The predicted octanol–water partition coefficient (Wildman–Crippen LogP) is 1.81. The lowest BCUT2D eigenvalue weighted by Crippen LogP contribution is -2.65. The van der Waals surface area contributed by atoms with E-state index in [0.717, 1.165) is 18.4 Å². The highest BCUT2D eigenvalue weighted by Gasteiger charge is 2.48. The molecule has 0 saturated heterocycles. The van der Waals surface area contributed by atoms with Crippen LogP contribution in [0.25, 0.3) is 0 Å². The van der Waals surface area contributed by atoms with Crippen LogP contribution in [-0.2, 0) is 35.3 Å². The maximum atomic E-state index is 13.1. The van der Waals surface area contributed by atoms with Gasteiger partial charge in [0, 0.05) is 0 Å². The summed E-state index contributed by atoms with van der Waals surface area (Å²) in [7, 11) is 0. The largest absolute Gasteiger partial charge is 0.460 e. The summed E-state index contributed by atoms with van der Waals surface area (Å²) in [6, 6.07) is 8.25. The van der Waals surface area contributed by atoms with Crippen LogP contribution in [0.15, 0.2) is 30.3 Å². The fraction of sp³-hybridized carbons (Fsp3) is 0.600. The predicted molar refractivity (Wildman–Crippen MR) is 126 cm³/mol. The average Bonchev–Trinajstić information content (AvgIpc) is 3.25. The van der Waals surface area contributed by atoms with E-state index >= 15 is 0 Å². The van der Waals surface area contributed by atoms with Gasteiger partial charge in [-0.3, -0.25) is 14.4 Å². The van der Waals surface area contributed by atoms with Crippen LogP contribution >= 0.6 is 0 Å². The van der Waals surface area contributed by atoms with Crippen molar-refractivity contribution in [3.05, 3.63) is 35.9 Å². The molecule has 1 radical (unpaired) electrons. The minimum absolute atomic E-state index is 0.0960. The molecule has 1 unspecified atom stereocenters. The Morgan fingerprint density at radius 3 is 2.32 bits per heavy atom. The van der Waals surface area contributed by atoms with Gasteiger partial charge in [-0.05, 0) is 58.4 Å². The van der Waals surface area contributed by atoms with E-state index in [1.807, 2.05) is 36.6 Å². The van der Waals surface area contributed by atoms with Crippen molar-refractivity contribution in [2.45, 2.75) is 95.0 Å². The zero-order valence-corrected chi connectivity index (χ0v) is 20.2. The van der Waals surface area contributed by atoms with Crippen molar-refractivity contribution in [2.24, 2.45) is 11.5 Å². The molecule has 2 atom stereocenters. The highest BCUT2D eigenvalue weighted by atomic mass is 16.6. The topological polar surface area (TPSA) is 151 Å². The number of amides is 1. The Labute approximate surface area is 200 Å². The first-order valence-electron chi connectivity index (χ1n) is 11.6. The summed E-state index contributed by atoms with van der Waals surface area (Å²) < 4.78 is 10.6. The fourth-order valence-electron chi connectivity index (χ4n) is 3.79. The third-order valence-corrected chi connectivity index (χ3v) is 5.79. The number of ether oxygens (including phenoxy) is 2. The van der Waals surface area contributed by atoms with Gasteiger partial charge in [0.05, 0.1) is 0 Å². The van der Waals surface area contributed by atoms with Crippen molar-refractivity contribution in [1.82, 2.24) is 5.32 Å². The highest BCUT2D eigenvalue weighted by Crippen LogP contribution is 2.29. The third-order valence-electron chi connectivity index (χ3n) is 5.79. The maximum Gasteiger partial charge on any atom is 0.336 e. The van der Waals surface area contributed by atoms with Gasteiger partial charge in [0.15, 0.2) is 5.54 Å². The number of esters is 2. The molecular formula is C25H36N3O6. The molecule has 2 rings (SSSR count). The van der Waals surface area contributed by atoms with E-state index in [2.05, 4.69) is 5.32 Å². The quantitative estimate of drug-likeness (QED) is 0.324. The van der Waals surface area contributed by atoms with Gasteiger partial charge in [-0.2, -0.15) is 0 Å². The molecule has 1 fully saturated rings. The van der Waals surface area contributed by atoms with Crippen molar-refractivity contribution in [3.8, 4) is 0 Å². The number of carbonyl (C=O) groups is 3. The van der Waals surface area contributed by atoms with Crippen LogP contribution in [0.2, 0.25) is 0 Å². The van der Waals surface area contributed by atoms with Gasteiger partial charge in [0.1, 0.15) is 23.8 Å².